The number of nitrogens with zero attached hydrogens (tertiary/aromatic N) is 2. The first-order chi connectivity index (χ1) is 13.8. The Balaban J connectivity index is 1.49. The van der Waals surface area contributed by atoms with Crippen molar-refractivity contribution in [1.82, 2.24) is 9.80 Å². The summed E-state index contributed by atoms with van der Waals surface area (Å²) in [5.41, 5.74) is 1.08. The minimum atomic E-state index is -4.32. The summed E-state index contributed by atoms with van der Waals surface area (Å²) >= 11 is 0. The van der Waals surface area contributed by atoms with Crippen molar-refractivity contribution in [2.75, 3.05) is 33.3 Å². The molecule has 0 N–H and O–H groups in total. The first-order valence-electron chi connectivity index (χ1n) is 9.35. The number of carbonyl (C=O) groups excluding carboxylic acids is 1. The van der Waals surface area contributed by atoms with Crippen LogP contribution in [0.4, 0.5) is 13.2 Å². The molecule has 1 aliphatic heterocycles. The average molecular weight is 404 g/mol. The largest absolute Gasteiger partial charge is 0.497 e. The Labute approximate surface area is 168 Å². The van der Waals surface area contributed by atoms with Crippen molar-refractivity contribution >= 4 is 12.0 Å². The summed E-state index contributed by atoms with van der Waals surface area (Å²) in [4.78, 5) is 16.3. The highest BCUT2D eigenvalue weighted by Crippen LogP contribution is 2.29. The van der Waals surface area contributed by atoms with Crippen molar-refractivity contribution < 1.29 is 22.7 Å². The van der Waals surface area contributed by atoms with Gasteiger partial charge in [-0.2, -0.15) is 13.2 Å². The number of hydrogen-bond donors (Lipinski definition) is 0. The second kappa shape index (κ2) is 9.13. The molecule has 2 aromatic carbocycles. The second-order valence-electron chi connectivity index (χ2n) is 6.91. The summed E-state index contributed by atoms with van der Waals surface area (Å²) in [6.07, 6.45) is -0.997. The van der Waals surface area contributed by atoms with E-state index >= 15 is 0 Å². The average Bonchev–Trinajstić information content (AvgIpc) is 2.72. The highest BCUT2D eigenvalue weighted by Gasteiger charge is 2.30. The van der Waals surface area contributed by atoms with Crippen LogP contribution in [-0.4, -0.2) is 49.0 Å². The third-order valence-electron chi connectivity index (χ3n) is 4.88. The highest BCUT2D eigenvalue weighted by atomic mass is 19.4. The Kier molecular flexibility index (Phi) is 6.59. The molecule has 2 aromatic rings. The van der Waals surface area contributed by atoms with Crippen molar-refractivity contribution in [3.8, 4) is 5.75 Å². The van der Waals surface area contributed by atoms with E-state index in [1.165, 1.54) is 12.1 Å². The van der Waals surface area contributed by atoms with Gasteiger partial charge in [0.25, 0.3) is 0 Å². The molecule has 7 heteroatoms. The van der Waals surface area contributed by atoms with E-state index in [2.05, 4.69) is 4.90 Å². The van der Waals surface area contributed by atoms with Crippen molar-refractivity contribution in [1.29, 1.82) is 0 Å². The molecule has 1 saturated heterocycles. The molecule has 0 saturated carbocycles. The van der Waals surface area contributed by atoms with E-state index in [9.17, 15) is 18.0 Å². The van der Waals surface area contributed by atoms with Crippen LogP contribution in [0.15, 0.2) is 54.6 Å². The van der Waals surface area contributed by atoms with Gasteiger partial charge in [0.15, 0.2) is 0 Å². The normalized spacial score (nSPS) is 15.7. The summed E-state index contributed by atoms with van der Waals surface area (Å²) in [5, 5.41) is 0. The SMILES string of the molecule is COc1cccc(/C=C/C(=O)N2CCN(Cc3ccc(C(F)(F)F)cc3)CC2)c1. The van der Waals surface area contributed by atoms with Gasteiger partial charge in [-0.05, 0) is 41.5 Å². The van der Waals surface area contributed by atoms with Crippen LogP contribution >= 0.6 is 0 Å². The summed E-state index contributed by atoms with van der Waals surface area (Å²) in [7, 11) is 1.60. The number of halogens is 3. The quantitative estimate of drug-likeness (QED) is 0.705. The van der Waals surface area contributed by atoms with Gasteiger partial charge in [-0.3, -0.25) is 9.69 Å². The maximum atomic E-state index is 12.6. The van der Waals surface area contributed by atoms with Gasteiger partial charge < -0.3 is 9.64 Å². The summed E-state index contributed by atoms with van der Waals surface area (Å²) < 4.78 is 43.1. The van der Waals surface area contributed by atoms with E-state index in [4.69, 9.17) is 4.74 Å². The van der Waals surface area contributed by atoms with E-state index in [1.807, 2.05) is 24.3 Å². The van der Waals surface area contributed by atoms with Crippen LogP contribution in [0.3, 0.4) is 0 Å². The minimum absolute atomic E-state index is 0.0537. The minimum Gasteiger partial charge on any atom is -0.497 e. The van der Waals surface area contributed by atoms with Crippen LogP contribution in [0.25, 0.3) is 6.08 Å². The molecule has 3 rings (SSSR count). The van der Waals surface area contributed by atoms with Gasteiger partial charge in [-0.15, -0.1) is 0 Å². The monoisotopic (exact) mass is 404 g/mol. The summed E-state index contributed by atoms with van der Waals surface area (Å²) in [6, 6.07) is 12.7. The van der Waals surface area contributed by atoms with Crippen molar-refractivity contribution in [3.05, 3.63) is 71.3 Å². The number of carbonyl (C=O) groups is 1. The van der Waals surface area contributed by atoms with Crippen LogP contribution in [0.2, 0.25) is 0 Å². The molecule has 0 spiro atoms. The first-order valence-corrected chi connectivity index (χ1v) is 9.35. The smallest absolute Gasteiger partial charge is 0.416 e. The number of benzene rings is 2. The van der Waals surface area contributed by atoms with Gasteiger partial charge >= 0.3 is 6.18 Å². The summed E-state index contributed by atoms with van der Waals surface area (Å²) in [6.45, 7) is 3.10. The van der Waals surface area contributed by atoms with E-state index in [0.717, 1.165) is 29.0 Å². The molecule has 29 heavy (non-hydrogen) atoms. The molecular weight excluding hydrogens is 381 g/mol. The Morgan fingerprint density at radius 3 is 2.38 bits per heavy atom. The third-order valence-corrected chi connectivity index (χ3v) is 4.88. The zero-order valence-corrected chi connectivity index (χ0v) is 16.2. The lowest BCUT2D eigenvalue weighted by Gasteiger charge is -2.34. The molecular formula is C22H23F3N2O2. The van der Waals surface area contributed by atoms with Gasteiger partial charge in [0.2, 0.25) is 5.91 Å². The standard InChI is InChI=1S/C22H23F3N2O2/c1-29-20-4-2-3-17(15-20)7-10-21(28)27-13-11-26(12-14-27)16-18-5-8-19(9-6-18)22(23,24)25/h2-10,15H,11-14,16H2,1H3/b10-7+. The van der Waals surface area contributed by atoms with Gasteiger partial charge in [-0.1, -0.05) is 24.3 Å². The van der Waals surface area contributed by atoms with Crippen molar-refractivity contribution in [2.24, 2.45) is 0 Å². The molecule has 1 amide bonds. The lowest BCUT2D eigenvalue weighted by atomic mass is 10.1. The number of amides is 1. The lowest BCUT2D eigenvalue weighted by molar-refractivity contribution is -0.137. The lowest BCUT2D eigenvalue weighted by Crippen LogP contribution is -2.47. The second-order valence-corrected chi connectivity index (χ2v) is 6.91. The Hall–Kier alpha value is -2.80. The van der Waals surface area contributed by atoms with Gasteiger partial charge in [0, 0.05) is 38.8 Å². The fraction of sp³-hybridized carbons (Fsp3) is 0.318. The molecule has 1 aliphatic rings. The summed E-state index contributed by atoms with van der Waals surface area (Å²) in [5.74, 6) is 0.679. The van der Waals surface area contributed by atoms with Crippen LogP contribution in [-0.2, 0) is 17.5 Å². The van der Waals surface area contributed by atoms with Crippen LogP contribution in [0, 0.1) is 0 Å². The highest BCUT2D eigenvalue weighted by molar-refractivity contribution is 5.91. The molecule has 4 nitrogen and oxygen atoms in total. The molecule has 1 fully saturated rings. The molecule has 154 valence electrons. The number of methoxy groups -OCH3 is 1. The van der Waals surface area contributed by atoms with E-state index in [1.54, 1.807) is 24.2 Å². The predicted molar refractivity (Wildman–Crippen MR) is 105 cm³/mol. The Morgan fingerprint density at radius 2 is 1.76 bits per heavy atom. The zero-order chi connectivity index (χ0) is 20.9. The zero-order valence-electron chi connectivity index (χ0n) is 16.2. The molecule has 0 radical (unpaired) electrons. The maximum absolute atomic E-state index is 12.6. The topological polar surface area (TPSA) is 32.8 Å². The number of ether oxygens (including phenoxy) is 1. The third kappa shape index (κ3) is 5.84. The van der Waals surface area contributed by atoms with Gasteiger partial charge in [0.1, 0.15) is 5.75 Å². The fourth-order valence-electron chi connectivity index (χ4n) is 3.20. The van der Waals surface area contributed by atoms with Crippen LogP contribution < -0.4 is 4.74 Å². The molecule has 0 bridgehead atoms. The maximum Gasteiger partial charge on any atom is 0.416 e. The van der Waals surface area contributed by atoms with Gasteiger partial charge in [-0.25, -0.2) is 0 Å². The van der Waals surface area contributed by atoms with Crippen molar-refractivity contribution in [3.63, 3.8) is 0 Å². The van der Waals surface area contributed by atoms with Crippen LogP contribution in [0.1, 0.15) is 16.7 Å². The molecule has 0 unspecified atom stereocenters. The number of hydrogen-bond acceptors (Lipinski definition) is 3. The number of piperazine rings is 1. The molecule has 0 aromatic heterocycles. The number of rotatable bonds is 5. The first kappa shape index (κ1) is 20.9. The molecule has 0 atom stereocenters. The number of alkyl halides is 3. The van der Waals surface area contributed by atoms with Gasteiger partial charge in [0.05, 0.1) is 12.7 Å². The Bertz CT molecular complexity index is 855. The predicted octanol–water partition coefficient (Wildman–Crippen LogP) is 4.07. The van der Waals surface area contributed by atoms with Crippen molar-refractivity contribution in [2.45, 2.75) is 12.7 Å². The van der Waals surface area contributed by atoms with E-state index in [0.29, 0.717) is 32.7 Å². The molecule has 0 aliphatic carbocycles. The Morgan fingerprint density at radius 1 is 1.07 bits per heavy atom. The fourth-order valence-corrected chi connectivity index (χ4v) is 3.20. The van der Waals surface area contributed by atoms with Crippen LogP contribution in [0.5, 0.6) is 5.75 Å². The van der Waals surface area contributed by atoms with E-state index < -0.39 is 11.7 Å². The molecule has 1 heterocycles. The van der Waals surface area contributed by atoms with E-state index in [-0.39, 0.29) is 5.91 Å².